The van der Waals surface area contributed by atoms with E-state index >= 15 is 0 Å². The molecule has 1 fully saturated rings. The van der Waals surface area contributed by atoms with Gasteiger partial charge < -0.3 is 9.80 Å². The number of hydrogen-bond donors (Lipinski definition) is 0. The number of benzene rings is 1. The maximum atomic E-state index is 13.8. The molecular weight excluding hydrogens is 330 g/mol. The summed E-state index contributed by atoms with van der Waals surface area (Å²) in [6.45, 7) is 1.04. The fourth-order valence-corrected chi connectivity index (χ4v) is 2.87. The third-order valence-corrected chi connectivity index (χ3v) is 4.09. The number of piperidine rings is 1. The van der Waals surface area contributed by atoms with E-state index in [-0.39, 0.29) is 10.5 Å². The molecule has 0 bridgehead atoms. The van der Waals surface area contributed by atoms with Crippen LogP contribution in [0.5, 0.6) is 0 Å². The Labute approximate surface area is 125 Å². The van der Waals surface area contributed by atoms with Crippen molar-refractivity contribution in [1.82, 2.24) is 9.80 Å². The average Bonchev–Trinajstić information content (AvgIpc) is 2.37. The number of carbonyl (C=O) groups excluding carboxylic acids is 1. The topological polar surface area (TPSA) is 23.6 Å². The molecule has 1 atom stereocenters. The molecule has 1 aliphatic rings. The molecule has 0 aliphatic carbocycles. The van der Waals surface area contributed by atoms with E-state index in [2.05, 4.69) is 15.9 Å². The van der Waals surface area contributed by atoms with Crippen molar-refractivity contribution >= 4 is 21.8 Å². The molecule has 1 saturated heterocycles. The summed E-state index contributed by atoms with van der Waals surface area (Å²) in [5.41, 5.74) is -0.465. The molecule has 1 amide bonds. The average molecular weight is 347 g/mol. The highest BCUT2D eigenvalue weighted by Gasteiger charge is 2.29. The van der Waals surface area contributed by atoms with Crippen LogP contribution in [-0.2, 0) is 0 Å². The van der Waals surface area contributed by atoms with Gasteiger partial charge in [-0.3, -0.25) is 4.79 Å². The smallest absolute Gasteiger partial charge is 0.259 e. The largest absolute Gasteiger partial charge is 0.337 e. The molecule has 1 aromatic carbocycles. The summed E-state index contributed by atoms with van der Waals surface area (Å²) in [6.07, 6.45) is 1.83. The van der Waals surface area contributed by atoms with E-state index in [1.807, 2.05) is 19.0 Å². The number of halogens is 3. The lowest BCUT2D eigenvalue weighted by Gasteiger charge is -2.36. The molecule has 1 aliphatic heterocycles. The van der Waals surface area contributed by atoms with Crippen molar-refractivity contribution in [2.45, 2.75) is 18.9 Å². The highest BCUT2D eigenvalue weighted by molar-refractivity contribution is 9.10. The maximum Gasteiger partial charge on any atom is 0.259 e. The monoisotopic (exact) mass is 346 g/mol. The van der Waals surface area contributed by atoms with E-state index in [0.29, 0.717) is 13.1 Å². The van der Waals surface area contributed by atoms with Gasteiger partial charge in [-0.1, -0.05) is 15.9 Å². The van der Waals surface area contributed by atoms with Gasteiger partial charge in [0.25, 0.3) is 5.91 Å². The van der Waals surface area contributed by atoms with Crippen LogP contribution in [0.1, 0.15) is 23.2 Å². The summed E-state index contributed by atoms with van der Waals surface area (Å²) in [5.74, 6) is -2.22. The molecule has 0 aromatic heterocycles. The Morgan fingerprint density at radius 1 is 1.35 bits per heavy atom. The number of nitrogens with zero attached hydrogens (tertiary/aromatic N) is 2. The van der Waals surface area contributed by atoms with Crippen LogP contribution >= 0.6 is 15.9 Å². The van der Waals surface area contributed by atoms with Gasteiger partial charge in [-0.05, 0) is 39.1 Å². The van der Waals surface area contributed by atoms with Gasteiger partial charge in [0.05, 0.1) is 0 Å². The zero-order chi connectivity index (χ0) is 14.9. The Hall–Kier alpha value is -1.01. The van der Waals surface area contributed by atoms with E-state index < -0.39 is 23.1 Å². The first-order valence-electron chi connectivity index (χ1n) is 6.50. The third-order valence-electron chi connectivity index (χ3n) is 3.63. The minimum Gasteiger partial charge on any atom is -0.337 e. The van der Waals surface area contributed by atoms with Gasteiger partial charge in [0.15, 0.2) is 0 Å². The number of rotatable bonds is 2. The summed E-state index contributed by atoms with van der Waals surface area (Å²) < 4.78 is 28.0. The van der Waals surface area contributed by atoms with Gasteiger partial charge in [0, 0.05) is 23.6 Å². The van der Waals surface area contributed by atoms with Gasteiger partial charge in [0.2, 0.25) is 0 Å². The molecule has 1 unspecified atom stereocenters. The van der Waals surface area contributed by atoms with Gasteiger partial charge in [-0.15, -0.1) is 0 Å². The number of likely N-dealkylation sites (N-methyl/N-ethyl adjacent to an activating group) is 1. The lowest BCUT2D eigenvalue weighted by atomic mass is 10.0. The number of amides is 1. The second-order valence-corrected chi connectivity index (χ2v) is 6.17. The van der Waals surface area contributed by atoms with E-state index in [1.54, 1.807) is 0 Å². The van der Waals surface area contributed by atoms with E-state index in [0.717, 1.165) is 25.0 Å². The maximum absolute atomic E-state index is 13.8. The van der Waals surface area contributed by atoms with Crippen LogP contribution in [0.25, 0.3) is 0 Å². The molecule has 3 nitrogen and oxygen atoms in total. The molecule has 1 heterocycles. The van der Waals surface area contributed by atoms with Gasteiger partial charge >= 0.3 is 0 Å². The first-order chi connectivity index (χ1) is 9.40. The Kier molecular flexibility index (Phi) is 4.75. The van der Waals surface area contributed by atoms with Crippen LogP contribution < -0.4 is 0 Å². The quantitative estimate of drug-likeness (QED) is 0.821. The molecule has 0 spiro atoms. The molecule has 20 heavy (non-hydrogen) atoms. The van der Waals surface area contributed by atoms with Crippen molar-refractivity contribution in [3.63, 3.8) is 0 Å². The minimum absolute atomic E-state index is 0.231. The van der Waals surface area contributed by atoms with Crippen molar-refractivity contribution in [2.24, 2.45) is 0 Å². The zero-order valence-corrected chi connectivity index (χ0v) is 13.1. The second kappa shape index (κ2) is 6.18. The zero-order valence-electron chi connectivity index (χ0n) is 11.5. The van der Waals surface area contributed by atoms with Crippen molar-refractivity contribution in [1.29, 1.82) is 0 Å². The van der Waals surface area contributed by atoms with Crippen molar-refractivity contribution < 1.29 is 13.6 Å². The molecule has 0 radical (unpaired) electrons. The van der Waals surface area contributed by atoms with Crippen LogP contribution in [0.4, 0.5) is 8.78 Å². The first-order valence-corrected chi connectivity index (χ1v) is 7.29. The highest BCUT2D eigenvalue weighted by atomic mass is 79.9. The van der Waals surface area contributed by atoms with Crippen LogP contribution in [-0.4, -0.2) is 48.9 Å². The number of carbonyl (C=O) groups is 1. The van der Waals surface area contributed by atoms with E-state index in [9.17, 15) is 13.6 Å². The SMILES string of the molecule is CN(C)C1CCCN(C(=O)c2c(F)cc(Br)cc2F)C1. The molecule has 110 valence electrons. The van der Waals surface area contributed by atoms with Gasteiger partial charge in [-0.25, -0.2) is 8.78 Å². The first kappa shape index (κ1) is 15.4. The van der Waals surface area contributed by atoms with E-state index in [4.69, 9.17) is 0 Å². The van der Waals surface area contributed by atoms with E-state index in [1.165, 1.54) is 4.90 Å². The van der Waals surface area contributed by atoms with Gasteiger partial charge in [0.1, 0.15) is 17.2 Å². The Balaban J connectivity index is 2.23. The summed E-state index contributed by atoms with van der Waals surface area (Å²) in [7, 11) is 3.89. The van der Waals surface area contributed by atoms with Crippen LogP contribution in [0, 0.1) is 11.6 Å². The molecule has 2 rings (SSSR count). The molecule has 0 N–H and O–H groups in total. The van der Waals surface area contributed by atoms with Crippen LogP contribution in [0.3, 0.4) is 0 Å². The minimum atomic E-state index is -0.825. The lowest BCUT2D eigenvalue weighted by Crippen LogP contribution is -2.47. The summed E-state index contributed by atoms with van der Waals surface area (Å²) in [5, 5.41) is 0. The molecule has 6 heteroatoms. The molecular formula is C14H17BrF2N2O. The molecule has 1 aromatic rings. The standard InChI is InChI=1S/C14H17BrF2N2O/c1-18(2)10-4-3-5-19(8-10)14(20)13-11(16)6-9(15)7-12(13)17/h6-7,10H,3-5,8H2,1-2H3. The Morgan fingerprint density at radius 2 is 1.95 bits per heavy atom. The Bertz CT molecular complexity index is 499. The fraction of sp³-hybridized carbons (Fsp3) is 0.500. The number of likely N-dealkylation sites (tertiary alicyclic amines) is 1. The third kappa shape index (κ3) is 3.17. The summed E-state index contributed by atoms with van der Waals surface area (Å²) in [4.78, 5) is 15.9. The van der Waals surface area contributed by atoms with Crippen molar-refractivity contribution in [3.05, 3.63) is 33.8 Å². The normalized spacial score (nSPS) is 19.5. The Morgan fingerprint density at radius 3 is 2.50 bits per heavy atom. The summed E-state index contributed by atoms with van der Waals surface area (Å²) in [6, 6.07) is 2.46. The van der Waals surface area contributed by atoms with Crippen molar-refractivity contribution in [3.8, 4) is 0 Å². The van der Waals surface area contributed by atoms with Crippen molar-refractivity contribution in [2.75, 3.05) is 27.2 Å². The van der Waals surface area contributed by atoms with Gasteiger partial charge in [-0.2, -0.15) is 0 Å². The number of hydrogen-bond acceptors (Lipinski definition) is 2. The predicted octanol–water partition coefficient (Wildman–Crippen LogP) is 2.89. The summed E-state index contributed by atoms with van der Waals surface area (Å²) >= 11 is 3.01. The fourth-order valence-electron chi connectivity index (χ4n) is 2.47. The second-order valence-electron chi connectivity index (χ2n) is 5.26. The highest BCUT2D eigenvalue weighted by Crippen LogP contribution is 2.23. The predicted molar refractivity (Wildman–Crippen MR) is 76.7 cm³/mol. The molecule has 0 saturated carbocycles. The van der Waals surface area contributed by atoms with Crippen LogP contribution in [0.15, 0.2) is 16.6 Å². The lowest BCUT2D eigenvalue weighted by molar-refractivity contribution is 0.0625. The van der Waals surface area contributed by atoms with Crippen LogP contribution in [0.2, 0.25) is 0 Å².